The van der Waals surface area contributed by atoms with Crippen molar-refractivity contribution >= 4 is 36.4 Å². The number of aromatic nitrogens is 1. The Bertz CT molecular complexity index is 569. The second-order valence-electron chi connectivity index (χ2n) is 5.01. The molecule has 0 saturated heterocycles. The van der Waals surface area contributed by atoms with Crippen LogP contribution in [0.3, 0.4) is 0 Å². The fraction of sp³-hybridized carbons (Fsp3) is 0.294. The Balaban J connectivity index is 0.00000264. The van der Waals surface area contributed by atoms with Crippen LogP contribution >= 0.6 is 24.8 Å². The van der Waals surface area contributed by atoms with Crippen molar-refractivity contribution in [3.05, 3.63) is 60.4 Å². The SMILES string of the molecule is CNCCNC(=O)CN(Cc1cccnc1)c1ccccc1.Cl.Cl. The largest absolute Gasteiger partial charge is 0.358 e. The third kappa shape index (κ3) is 7.64. The molecule has 5 nitrogen and oxygen atoms in total. The highest BCUT2D eigenvalue weighted by molar-refractivity contribution is 5.85. The second kappa shape index (κ2) is 12.6. The first-order valence-corrected chi connectivity index (χ1v) is 7.40. The van der Waals surface area contributed by atoms with Gasteiger partial charge in [-0.3, -0.25) is 9.78 Å². The number of nitrogens with one attached hydrogen (secondary N) is 2. The van der Waals surface area contributed by atoms with Crippen molar-refractivity contribution in [1.82, 2.24) is 15.6 Å². The first-order chi connectivity index (χ1) is 10.8. The molecule has 1 aromatic carbocycles. The van der Waals surface area contributed by atoms with Crippen molar-refractivity contribution in [2.45, 2.75) is 6.54 Å². The van der Waals surface area contributed by atoms with Crippen LogP contribution in [0.2, 0.25) is 0 Å². The zero-order valence-electron chi connectivity index (χ0n) is 13.6. The van der Waals surface area contributed by atoms with E-state index in [1.54, 1.807) is 6.20 Å². The van der Waals surface area contributed by atoms with E-state index < -0.39 is 0 Å². The maximum Gasteiger partial charge on any atom is 0.239 e. The number of halogens is 2. The van der Waals surface area contributed by atoms with Gasteiger partial charge in [0.15, 0.2) is 0 Å². The Labute approximate surface area is 155 Å². The Kier molecular flexibility index (Phi) is 11.6. The van der Waals surface area contributed by atoms with Crippen LogP contribution in [0.4, 0.5) is 5.69 Å². The third-order valence-corrected chi connectivity index (χ3v) is 3.25. The normalized spacial score (nSPS) is 9.38. The van der Waals surface area contributed by atoms with Gasteiger partial charge in [0.25, 0.3) is 0 Å². The molecule has 1 aromatic heterocycles. The van der Waals surface area contributed by atoms with Crippen molar-refractivity contribution in [2.24, 2.45) is 0 Å². The molecule has 1 heterocycles. The lowest BCUT2D eigenvalue weighted by atomic mass is 10.2. The Hall–Kier alpha value is -1.82. The number of rotatable bonds is 8. The minimum Gasteiger partial charge on any atom is -0.358 e. The highest BCUT2D eigenvalue weighted by Crippen LogP contribution is 2.16. The maximum atomic E-state index is 12.1. The summed E-state index contributed by atoms with van der Waals surface area (Å²) in [6.45, 7) is 2.37. The number of likely N-dealkylation sites (N-methyl/N-ethyl adjacent to an activating group) is 1. The molecule has 0 spiro atoms. The lowest BCUT2D eigenvalue weighted by Crippen LogP contribution is -2.39. The van der Waals surface area contributed by atoms with Gasteiger partial charge in [-0.1, -0.05) is 24.3 Å². The molecule has 0 radical (unpaired) electrons. The van der Waals surface area contributed by atoms with Gasteiger partial charge in [-0.05, 0) is 30.8 Å². The van der Waals surface area contributed by atoms with Gasteiger partial charge in [0.2, 0.25) is 5.91 Å². The number of nitrogens with zero attached hydrogens (tertiary/aromatic N) is 2. The van der Waals surface area contributed by atoms with Crippen LogP contribution in [0, 0.1) is 0 Å². The molecular formula is C17H24Cl2N4O. The minimum absolute atomic E-state index is 0. The molecule has 0 fully saturated rings. The number of carbonyl (C=O) groups is 1. The van der Waals surface area contributed by atoms with E-state index in [1.807, 2.05) is 60.6 Å². The number of pyridine rings is 1. The molecular weight excluding hydrogens is 347 g/mol. The van der Waals surface area contributed by atoms with Gasteiger partial charge in [-0.2, -0.15) is 0 Å². The molecule has 0 aliphatic carbocycles. The summed E-state index contributed by atoms with van der Waals surface area (Å²) in [5, 5.41) is 5.92. The summed E-state index contributed by atoms with van der Waals surface area (Å²) in [4.78, 5) is 18.3. The van der Waals surface area contributed by atoms with Crippen LogP contribution in [0.1, 0.15) is 5.56 Å². The highest BCUT2D eigenvalue weighted by atomic mass is 35.5. The van der Waals surface area contributed by atoms with E-state index in [-0.39, 0.29) is 30.7 Å². The molecule has 7 heteroatoms. The predicted octanol–water partition coefficient (Wildman–Crippen LogP) is 2.27. The number of hydrogen-bond donors (Lipinski definition) is 2. The van der Waals surface area contributed by atoms with E-state index >= 15 is 0 Å². The molecule has 0 saturated carbocycles. The fourth-order valence-electron chi connectivity index (χ4n) is 2.15. The molecule has 0 bridgehead atoms. The topological polar surface area (TPSA) is 57.3 Å². The summed E-state index contributed by atoms with van der Waals surface area (Å²) < 4.78 is 0. The fourth-order valence-corrected chi connectivity index (χ4v) is 2.15. The second-order valence-corrected chi connectivity index (χ2v) is 5.01. The lowest BCUT2D eigenvalue weighted by Gasteiger charge is -2.24. The summed E-state index contributed by atoms with van der Waals surface area (Å²) in [6.07, 6.45) is 3.58. The summed E-state index contributed by atoms with van der Waals surface area (Å²) in [6, 6.07) is 13.9. The molecule has 0 unspecified atom stereocenters. The van der Waals surface area contributed by atoms with Crippen molar-refractivity contribution in [2.75, 3.05) is 31.6 Å². The number of para-hydroxylation sites is 1. The summed E-state index contributed by atoms with van der Waals surface area (Å²) in [7, 11) is 1.87. The van der Waals surface area contributed by atoms with Crippen molar-refractivity contribution in [1.29, 1.82) is 0 Å². The zero-order valence-corrected chi connectivity index (χ0v) is 15.3. The number of anilines is 1. The first kappa shape index (κ1) is 22.2. The smallest absolute Gasteiger partial charge is 0.239 e. The molecule has 2 aromatic rings. The maximum absolute atomic E-state index is 12.1. The highest BCUT2D eigenvalue weighted by Gasteiger charge is 2.12. The third-order valence-electron chi connectivity index (χ3n) is 3.25. The van der Waals surface area contributed by atoms with Crippen LogP contribution < -0.4 is 15.5 Å². The van der Waals surface area contributed by atoms with Gasteiger partial charge >= 0.3 is 0 Å². The van der Waals surface area contributed by atoms with Crippen LogP contribution in [0.15, 0.2) is 54.9 Å². The quantitative estimate of drug-likeness (QED) is 0.699. The van der Waals surface area contributed by atoms with Gasteiger partial charge in [-0.25, -0.2) is 0 Å². The van der Waals surface area contributed by atoms with Crippen molar-refractivity contribution < 1.29 is 4.79 Å². The van der Waals surface area contributed by atoms with E-state index in [0.717, 1.165) is 17.8 Å². The number of hydrogen-bond acceptors (Lipinski definition) is 4. The minimum atomic E-state index is 0. The average Bonchev–Trinajstić information content (AvgIpc) is 2.56. The van der Waals surface area contributed by atoms with Crippen LogP contribution in [0.25, 0.3) is 0 Å². The number of amides is 1. The Morgan fingerprint density at radius 3 is 2.46 bits per heavy atom. The Morgan fingerprint density at radius 2 is 1.83 bits per heavy atom. The average molecular weight is 371 g/mol. The van der Waals surface area contributed by atoms with Crippen molar-refractivity contribution in [3.8, 4) is 0 Å². The molecule has 132 valence electrons. The van der Waals surface area contributed by atoms with Gasteiger partial charge in [-0.15, -0.1) is 24.8 Å². The summed E-state index contributed by atoms with van der Waals surface area (Å²) in [5.74, 6) is 0.0167. The monoisotopic (exact) mass is 370 g/mol. The zero-order chi connectivity index (χ0) is 15.6. The Morgan fingerprint density at radius 1 is 1.08 bits per heavy atom. The lowest BCUT2D eigenvalue weighted by molar-refractivity contribution is -0.119. The molecule has 1 amide bonds. The molecule has 0 atom stereocenters. The van der Waals surface area contributed by atoms with Gasteiger partial charge in [0.05, 0.1) is 6.54 Å². The van der Waals surface area contributed by atoms with Crippen LogP contribution in [0.5, 0.6) is 0 Å². The molecule has 24 heavy (non-hydrogen) atoms. The molecule has 0 aliphatic heterocycles. The van der Waals surface area contributed by atoms with E-state index in [0.29, 0.717) is 19.6 Å². The predicted molar refractivity (Wildman–Crippen MR) is 103 cm³/mol. The van der Waals surface area contributed by atoms with Gasteiger partial charge in [0.1, 0.15) is 0 Å². The first-order valence-electron chi connectivity index (χ1n) is 7.40. The van der Waals surface area contributed by atoms with E-state index in [1.165, 1.54) is 0 Å². The molecule has 2 rings (SSSR count). The van der Waals surface area contributed by atoms with E-state index in [2.05, 4.69) is 15.6 Å². The van der Waals surface area contributed by atoms with E-state index in [9.17, 15) is 4.79 Å². The standard InChI is InChI=1S/C17H22N4O.2ClH/c1-18-10-11-20-17(22)14-21(16-7-3-2-4-8-16)13-15-6-5-9-19-12-15;;/h2-9,12,18H,10-11,13-14H2,1H3,(H,20,22);2*1H. The molecule has 0 aliphatic rings. The van der Waals surface area contributed by atoms with Crippen molar-refractivity contribution in [3.63, 3.8) is 0 Å². The number of carbonyl (C=O) groups excluding carboxylic acids is 1. The van der Waals surface area contributed by atoms with Gasteiger partial charge < -0.3 is 15.5 Å². The number of benzene rings is 1. The van der Waals surface area contributed by atoms with E-state index in [4.69, 9.17) is 0 Å². The molecule has 2 N–H and O–H groups in total. The van der Waals surface area contributed by atoms with Crippen LogP contribution in [-0.4, -0.2) is 37.6 Å². The summed E-state index contributed by atoms with van der Waals surface area (Å²) >= 11 is 0. The van der Waals surface area contributed by atoms with Gasteiger partial charge in [0, 0.05) is 37.7 Å². The summed E-state index contributed by atoms with van der Waals surface area (Å²) in [5.41, 5.74) is 2.10. The van der Waals surface area contributed by atoms with Crippen LogP contribution in [-0.2, 0) is 11.3 Å².